The highest BCUT2D eigenvalue weighted by Gasteiger charge is 2.14. The van der Waals surface area contributed by atoms with Crippen LogP contribution in [0, 0.1) is 6.92 Å². The van der Waals surface area contributed by atoms with E-state index in [9.17, 15) is 5.11 Å². The Morgan fingerprint density at radius 1 is 1.30 bits per heavy atom. The second-order valence-corrected chi connectivity index (χ2v) is 5.48. The number of imidazole rings is 1. The molecule has 0 saturated carbocycles. The molecular formula is C15H13BrN2O2. The van der Waals surface area contributed by atoms with Crippen molar-refractivity contribution in [3.05, 3.63) is 40.4 Å². The van der Waals surface area contributed by atoms with Crippen LogP contribution in [0.4, 0.5) is 0 Å². The third-order valence-corrected chi connectivity index (χ3v) is 3.67. The summed E-state index contributed by atoms with van der Waals surface area (Å²) in [5.41, 5.74) is 3.51. The molecule has 0 amide bonds. The first-order chi connectivity index (χ1) is 9.60. The average Bonchev–Trinajstić information content (AvgIpc) is 2.83. The molecule has 0 radical (unpaired) electrons. The number of phenols is 1. The number of phenolic OH excluding ortho intramolecular Hbond substituents is 1. The van der Waals surface area contributed by atoms with E-state index in [-0.39, 0.29) is 5.75 Å². The Bertz CT molecular complexity index is 796. The van der Waals surface area contributed by atoms with Gasteiger partial charge in [0, 0.05) is 4.47 Å². The highest BCUT2D eigenvalue weighted by molar-refractivity contribution is 9.10. The van der Waals surface area contributed by atoms with Crippen molar-refractivity contribution in [2.24, 2.45) is 0 Å². The molecule has 0 bridgehead atoms. The minimum atomic E-state index is 0.0887. The molecule has 4 nitrogen and oxygen atoms in total. The lowest BCUT2D eigenvalue weighted by Crippen LogP contribution is -1.87. The Morgan fingerprint density at radius 3 is 2.85 bits per heavy atom. The van der Waals surface area contributed by atoms with E-state index < -0.39 is 0 Å². The van der Waals surface area contributed by atoms with Crippen molar-refractivity contribution in [2.45, 2.75) is 6.92 Å². The molecule has 2 aromatic carbocycles. The van der Waals surface area contributed by atoms with Gasteiger partial charge in [0.05, 0.1) is 23.7 Å². The number of rotatable bonds is 2. The number of aromatic nitrogens is 2. The number of para-hydroxylation sites is 1. The zero-order chi connectivity index (χ0) is 14.3. The van der Waals surface area contributed by atoms with Gasteiger partial charge in [0.15, 0.2) is 11.5 Å². The summed E-state index contributed by atoms with van der Waals surface area (Å²) in [7, 11) is 1.53. The molecule has 0 fully saturated rings. The third-order valence-electron chi connectivity index (χ3n) is 3.22. The molecule has 1 heterocycles. The molecule has 5 heteroatoms. The SMILES string of the molecule is COc1cccc(-c2nc3c(C)cc(Br)cc3[nH]2)c1O. The van der Waals surface area contributed by atoms with Gasteiger partial charge in [-0.3, -0.25) is 0 Å². The quantitative estimate of drug-likeness (QED) is 0.745. The van der Waals surface area contributed by atoms with Gasteiger partial charge < -0.3 is 14.8 Å². The molecule has 102 valence electrons. The van der Waals surface area contributed by atoms with E-state index in [1.807, 2.05) is 25.1 Å². The molecule has 0 saturated heterocycles. The van der Waals surface area contributed by atoms with Crippen LogP contribution in [0.15, 0.2) is 34.8 Å². The maximum atomic E-state index is 10.2. The predicted molar refractivity (Wildman–Crippen MR) is 82.2 cm³/mol. The highest BCUT2D eigenvalue weighted by Crippen LogP contribution is 2.36. The fourth-order valence-corrected chi connectivity index (χ4v) is 2.82. The molecule has 2 N–H and O–H groups in total. The summed E-state index contributed by atoms with van der Waals surface area (Å²) in [4.78, 5) is 7.80. The van der Waals surface area contributed by atoms with Crippen molar-refractivity contribution in [3.63, 3.8) is 0 Å². The number of halogens is 1. The number of hydrogen-bond acceptors (Lipinski definition) is 3. The van der Waals surface area contributed by atoms with Crippen molar-refractivity contribution < 1.29 is 9.84 Å². The summed E-state index contributed by atoms with van der Waals surface area (Å²) >= 11 is 3.47. The van der Waals surface area contributed by atoms with E-state index in [1.165, 1.54) is 7.11 Å². The monoisotopic (exact) mass is 332 g/mol. The van der Waals surface area contributed by atoms with Gasteiger partial charge in [-0.1, -0.05) is 22.0 Å². The summed E-state index contributed by atoms with van der Waals surface area (Å²) in [6.07, 6.45) is 0. The van der Waals surface area contributed by atoms with Crippen LogP contribution in [0.3, 0.4) is 0 Å². The number of aromatic hydroxyl groups is 1. The summed E-state index contributed by atoms with van der Waals surface area (Å²) < 4.78 is 6.12. The first-order valence-corrected chi connectivity index (χ1v) is 6.91. The molecule has 20 heavy (non-hydrogen) atoms. The van der Waals surface area contributed by atoms with Crippen LogP contribution < -0.4 is 4.74 Å². The molecule has 0 aliphatic heterocycles. The minimum absolute atomic E-state index is 0.0887. The summed E-state index contributed by atoms with van der Waals surface area (Å²) in [5, 5.41) is 10.2. The number of ether oxygens (including phenoxy) is 1. The number of nitrogens with zero attached hydrogens (tertiary/aromatic N) is 1. The van der Waals surface area contributed by atoms with Crippen LogP contribution in [0.25, 0.3) is 22.4 Å². The number of benzene rings is 2. The van der Waals surface area contributed by atoms with Crippen LogP contribution in [-0.4, -0.2) is 22.2 Å². The maximum Gasteiger partial charge on any atom is 0.168 e. The zero-order valence-electron chi connectivity index (χ0n) is 11.1. The fraction of sp³-hybridized carbons (Fsp3) is 0.133. The van der Waals surface area contributed by atoms with Crippen LogP contribution in [0.1, 0.15) is 5.56 Å². The fourth-order valence-electron chi connectivity index (χ4n) is 2.25. The van der Waals surface area contributed by atoms with Crippen LogP contribution in [-0.2, 0) is 0 Å². The Morgan fingerprint density at radius 2 is 2.10 bits per heavy atom. The summed E-state index contributed by atoms with van der Waals surface area (Å²) in [6.45, 7) is 2.00. The lowest BCUT2D eigenvalue weighted by molar-refractivity contribution is 0.374. The van der Waals surface area contributed by atoms with E-state index in [0.717, 1.165) is 21.1 Å². The van der Waals surface area contributed by atoms with Crippen LogP contribution >= 0.6 is 15.9 Å². The average molecular weight is 333 g/mol. The maximum absolute atomic E-state index is 10.2. The molecule has 3 rings (SSSR count). The number of H-pyrrole nitrogens is 1. The van der Waals surface area contributed by atoms with Gasteiger partial charge in [-0.05, 0) is 36.8 Å². The Labute approximate surface area is 124 Å². The zero-order valence-corrected chi connectivity index (χ0v) is 12.7. The number of aryl methyl sites for hydroxylation is 1. The van der Waals surface area contributed by atoms with E-state index in [1.54, 1.807) is 12.1 Å². The van der Waals surface area contributed by atoms with Gasteiger partial charge in [-0.15, -0.1) is 0 Å². The second-order valence-electron chi connectivity index (χ2n) is 4.56. The van der Waals surface area contributed by atoms with E-state index in [2.05, 4.69) is 25.9 Å². The molecule has 0 aliphatic carbocycles. The van der Waals surface area contributed by atoms with Gasteiger partial charge in [-0.25, -0.2) is 4.98 Å². The van der Waals surface area contributed by atoms with Crippen molar-refractivity contribution in [1.29, 1.82) is 0 Å². The number of hydrogen-bond donors (Lipinski definition) is 2. The first-order valence-electron chi connectivity index (χ1n) is 6.12. The Kier molecular flexibility index (Phi) is 3.14. The lowest BCUT2D eigenvalue weighted by Gasteiger charge is -2.06. The summed E-state index contributed by atoms with van der Waals surface area (Å²) in [6, 6.07) is 9.32. The number of aromatic amines is 1. The van der Waals surface area contributed by atoms with Crippen molar-refractivity contribution in [1.82, 2.24) is 9.97 Å². The number of methoxy groups -OCH3 is 1. The molecular weight excluding hydrogens is 320 g/mol. The van der Waals surface area contributed by atoms with Gasteiger partial charge in [-0.2, -0.15) is 0 Å². The molecule has 1 aromatic heterocycles. The topological polar surface area (TPSA) is 58.1 Å². The van der Waals surface area contributed by atoms with Gasteiger partial charge in [0.25, 0.3) is 0 Å². The van der Waals surface area contributed by atoms with E-state index >= 15 is 0 Å². The smallest absolute Gasteiger partial charge is 0.168 e. The largest absolute Gasteiger partial charge is 0.504 e. The summed E-state index contributed by atoms with van der Waals surface area (Å²) in [5.74, 6) is 1.14. The van der Waals surface area contributed by atoms with Crippen LogP contribution in [0.5, 0.6) is 11.5 Å². The second kappa shape index (κ2) is 4.83. The van der Waals surface area contributed by atoms with Crippen molar-refractivity contribution >= 4 is 27.0 Å². The highest BCUT2D eigenvalue weighted by atomic mass is 79.9. The van der Waals surface area contributed by atoms with Gasteiger partial charge in [0.1, 0.15) is 5.82 Å². The number of fused-ring (bicyclic) bond motifs is 1. The van der Waals surface area contributed by atoms with E-state index in [0.29, 0.717) is 17.1 Å². The van der Waals surface area contributed by atoms with Gasteiger partial charge in [0.2, 0.25) is 0 Å². The first kappa shape index (κ1) is 13.0. The van der Waals surface area contributed by atoms with E-state index in [4.69, 9.17) is 4.74 Å². The minimum Gasteiger partial charge on any atom is -0.504 e. The molecule has 0 aliphatic rings. The molecule has 0 spiro atoms. The van der Waals surface area contributed by atoms with Gasteiger partial charge >= 0.3 is 0 Å². The number of nitrogens with one attached hydrogen (secondary N) is 1. The standard InChI is InChI=1S/C15H13BrN2O2/c1-8-6-9(16)7-11-13(8)18-15(17-11)10-4-3-5-12(20-2)14(10)19/h3-7,19H,1-2H3,(H,17,18). The molecule has 3 aromatic rings. The van der Waals surface area contributed by atoms with Crippen molar-refractivity contribution in [2.75, 3.05) is 7.11 Å². The third kappa shape index (κ3) is 2.04. The van der Waals surface area contributed by atoms with Crippen LogP contribution in [0.2, 0.25) is 0 Å². The Balaban J connectivity index is 2.23. The normalized spacial score (nSPS) is 10.9. The Hall–Kier alpha value is -2.01. The molecule has 0 atom stereocenters. The lowest BCUT2D eigenvalue weighted by atomic mass is 10.2. The predicted octanol–water partition coefficient (Wildman–Crippen LogP) is 4.02. The molecule has 0 unspecified atom stereocenters. The van der Waals surface area contributed by atoms with Crippen molar-refractivity contribution in [3.8, 4) is 22.9 Å².